The highest BCUT2D eigenvalue weighted by Gasteiger charge is 2.16. The molecule has 0 bridgehead atoms. The molecule has 0 aliphatic carbocycles. The summed E-state index contributed by atoms with van der Waals surface area (Å²) < 4.78 is 1.07. The second-order valence-electron chi connectivity index (χ2n) is 4.84. The number of nitrogens with one attached hydrogen (secondary N) is 1. The average Bonchev–Trinajstić information content (AvgIpc) is 2.80. The molecule has 1 unspecified atom stereocenters. The molecule has 0 amide bonds. The third kappa shape index (κ3) is 3.04. The maximum absolute atomic E-state index is 10.1. The van der Waals surface area contributed by atoms with Crippen molar-refractivity contribution in [3.8, 4) is 0 Å². The lowest BCUT2D eigenvalue weighted by molar-refractivity contribution is 0.114. The molecule has 2 aromatic heterocycles. The molecule has 104 valence electrons. The molecule has 0 aliphatic heterocycles. The smallest absolute Gasteiger partial charge is 0.147 e. The van der Waals surface area contributed by atoms with Gasteiger partial charge in [0.1, 0.15) is 12.1 Å². The molecule has 2 N–H and O–H groups in total. The highest BCUT2D eigenvalue weighted by atomic mass is 32.1. The lowest BCUT2D eigenvalue weighted by Gasteiger charge is -2.20. The van der Waals surface area contributed by atoms with Gasteiger partial charge in [0.2, 0.25) is 0 Å². The fourth-order valence-corrected chi connectivity index (χ4v) is 3.26. The van der Waals surface area contributed by atoms with E-state index in [1.54, 1.807) is 17.7 Å². The first-order chi connectivity index (χ1) is 9.17. The summed E-state index contributed by atoms with van der Waals surface area (Å²) in [5.41, 5.74) is 2.17. The molecule has 0 saturated heterocycles. The van der Waals surface area contributed by atoms with Crippen LogP contribution in [0.1, 0.15) is 32.3 Å². The predicted molar refractivity (Wildman–Crippen MR) is 80.7 cm³/mol. The maximum atomic E-state index is 10.1. The predicted octanol–water partition coefficient (Wildman–Crippen LogP) is 3.21. The molecule has 0 aliphatic rings. The van der Waals surface area contributed by atoms with Gasteiger partial charge in [0, 0.05) is 6.54 Å². The highest BCUT2D eigenvalue weighted by molar-refractivity contribution is 7.18. The van der Waals surface area contributed by atoms with Crippen LogP contribution in [0.3, 0.4) is 0 Å². The van der Waals surface area contributed by atoms with Crippen molar-refractivity contribution < 1.29 is 5.11 Å². The standard InChI is InChI=1S/C14H21N3OS/c1-4-10(5-2)11(18)6-15-14-13-12(16-8-17-14)9(3)7-19-13/h7-8,10-11,18H,4-6H2,1-3H3,(H,15,16,17). The van der Waals surface area contributed by atoms with E-state index in [-0.39, 0.29) is 6.10 Å². The number of rotatable bonds is 6. The zero-order chi connectivity index (χ0) is 13.8. The number of aryl methyl sites for hydroxylation is 1. The van der Waals surface area contributed by atoms with E-state index in [1.807, 2.05) is 0 Å². The van der Waals surface area contributed by atoms with Gasteiger partial charge in [-0.1, -0.05) is 26.7 Å². The van der Waals surface area contributed by atoms with E-state index in [0.29, 0.717) is 12.5 Å². The van der Waals surface area contributed by atoms with Crippen molar-refractivity contribution >= 4 is 27.4 Å². The Kier molecular flexibility index (Phi) is 4.71. The Morgan fingerprint density at radius 3 is 2.74 bits per heavy atom. The van der Waals surface area contributed by atoms with Gasteiger partial charge >= 0.3 is 0 Å². The molecule has 2 aromatic rings. The van der Waals surface area contributed by atoms with Crippen LogP contribution >= 0.6 is 11.3 Å². The van der Waals surface area contributed by atoms with E-state index in [1.165, 1.54) is 5.56 Å². The highest BCUT2D eigenvalue weighted by Crippen LogP contribution is 2.28. The van der Waals surface area contributed by atoms with E-state index in [2.05, 4.69) is 41.4 Å². The minimum atomic E-state index is -0.332. The summed E-state index contributed by atoms with van der Waals surface area (Å²) in [5, 5.41) is 15.5. The number of hydrogen-bond acceptors (Lipinski definition) is 5. The minimum Gasteiger partial charge on any atom is -0.391 e. The zero-order valence-electron chi connectivity index (χ0n) is 11.7. The van der Waals surface area contributed by atoms with Gasteiger partial charge in [-0.25, -0.2) is 9.97 Å². The SMILES string of the molecule is CCC(CC)C(O)CNc1ncnc2c(C)csc12. The molecule has 1 atom stereocenters. The first kappa shape index (κ1) is 14.2. The number of anilines is 1. The normalized spacial score (nSPS) is 13.1. The van der Waals surface area contributed by atoms with E-state index < -0.39 is 0 Å². The molecule has 0 aromatic carbocycles. The summed E-state index contributed by atoms with van der Waals surface area (Å²) in [7, 11) is 0. The molecule has 4 nitrogen and oxygen atoms in total. The van der Waals surface area contributed by atoms with Crippen LogP contribution in [-0.4, -0.2) is 27.7 Å². The Hall–Kier alpha value is -1.20. The van der Waals surface area contributed by atoms with E-state index >= 15 is 0 Å². The molecular weight excluding hydrogens is 258 g/mol. The van der Waals surface area contributed by atoms with Gasteiger partial charge in [-0.15, -0.1) is 11.3 Å². The maximum Gasteiger partial charge on any atom is 0.147 e. The Morgan fingerprint density at radius 2 is 2.05 bits per heavy atom. The Morgan fingerprint density at radius 1 is 1.32 bits per heavy atom. The molecule has 5 heteroatoms. The molecule has 0 saturated carbocycles. The van der Waals surface area contributed by atoms with Crippen LogP contribution in [0.25, 0.3) is 10.2 Å². The molecular formula is C14H21N3OS. The fourth-order valence-electron chi connectivity index (χ4n) is 2.30. The van der Waals surface area contributed by atoms with Crippen molar-refractivity contribution in [3.05, 3.63) is 17.3 Å². The lowest BCUT2D eigenvalue weighted by atomic mass is 9.97. The minimum absolute atomic E-state index is 0.332. The van der Waals surface area contributed by atoms with Crippen LogP contribution in [0.5, 0.6) is 0 Å². The number of fused-ring (bicyclic) bond motifs is 1. The van der Waals surface area contributed by atoms with Gasteiger partial charge < -0.3 is 10.4 Å². The van der Waals surface area contributed by atoms with Gasteiger partial charge in [0.15, 0.2) is 0 Å². The van der Waals surface area contributed by atoms with Gasteiger partial charge in [0.25, 0.3) is 0 Å². The van der Waals surface area contributed by atoms with Gasteiger partial charge in [-0.05, 0) is 23.8 Å². The molecule has 0 radical (unpaired) electrons. The summed E-state index contributed by atoms with van der Waals surface area (Å²) in [5.74, 6) is 1.17. The van der Waals surface area contributed by atoms with Crippen molar-refractivity contribution in [2.75, 3.05) is 11.9 Å². The zero-order valence-corrected chi connectivity index (χ0v) is 12.5. The van der Waals surface area contributed by atoms with E-state index in [4.69, 9.17) is 0 Å². The molecule has 2 rings (SSSR count). The summed E-state index contributed by atoms with van der Waals surface area (Å²) in [4.78, 5) is 8.57. The number of aromatic nitrogens is 2. The second-order valence-corrected chi connectivity index (χ2v) is 5.72. The topological polar surface area (TPSA) is 58.0 Å². The number of nitrogens with zero attached hydrogens (tertiary/aromatic N) is 2. The number of thiophene rings is 1. The van der Waals surface area contributed by atoms with Crippen LogP contribution in [-0.2, 0) is 0 Å². The van der Waals surface area contributed by atoms with Crippen molar-refractivity contribution in [2.45, 2.75) is 39.7 Å². The third-order valence-electron chi connectivity index (χ3n) is 3.60. The molecule has 2 heterocycles. The molecule has 19 heavy (non-hydrogen) atoms. The van der Waals surface area contributed by atoms with Gasteiger partial charge in [0.05, 0.1) is 16.3 Å². The molecule has 0 fully saturated rings. The average molecular weight is 279 g/mol. The first-order valence-electron chi connectivity index (χ1n) is 6.78. The summed E-state index contributed by atoms with van der Waals surface area (Å²) in [6.07, 6.45) is 3.24. The second kappa shape index (κ2) is 6.30. The number of aliphatic hydroxyl groups excluding tert-OH is 1. The van der Waals surface area contributed by atoms with Crippen LogP contribution in [0.4, 0.5) is 5.82 Å². The van der Waals surface area contributed by atoms with Gasteiger partial charge in [-0.2, -0.15) is 0 Å². The van der Waals surface area contributed by atoms with Gasteiger partial charge in [-0.3, -0.25) is 0 Å². The summed E-state index contributed by atoms with van der Waals surface area (Å²) in [6.45, 7) is 6.82. The van der Waals surface area contributed by atoms with Crippen LogP contribution in [0.2, 0.25) is 0 Å². The summed E-state index contributed by atoms with van der Waals surface area (Å²) >= 11 is 1.64. The lowest BCUT2D eigenvalue weighted by Crippen LogP contribution is -2.28. The number of aliphatic hydroxyl groups is 1. The monoisotopic (exact) mass is 279 g/mol. The Labute approximate surface area is 117 Å². The largest absolute Gasteiger partial charge is 0.391 e. The molecule has 0 spiro atoms. The quantitative estimate of drug-likeness (QED) is 0.852. The first-order valence-corrected chi connectivity index (χ1v) is 7.66. The van der Waals surface area contributed by atoms with E-state index in [0.717, 1.165) is 28.9 Å². The number of hydrogen-bond donors (Lipinski definition) is 2. The van der Waals surface area contributed by atoms with Crippen molar-refractivity contribution in [3.63, 3.8) is 0 Å². The van der Waals surface area contributed by atoms with Crippen LogP contribution in [0.15, 0.2) is 11.7 Å². The fraction of sp³-hybridized carbons (Fsp3) is 0.571. The Balaban J connectivity index is 2.09. The van der Waals surface area contributed by atoms with Crippen molar-refractivity contribution in [2.24, 2.45) is 5.92 Å². The Bertz CT molecular complexity index is 536. The third-order valence-corrected chi connectivity index (χ3v) is 4.70. The summed E-state index contributed by atoms with van der Waals surface area (Å²) in [6, 6.07) is 0. The van der Waals surface area contributed by atoms with Crippen molar-refractivity contribution in [1.29, 1.82) is 0 Å². The van der Waals surface area contributed by atoms with Crippen LogP contribution < -0.4 is 5.32 Å². The van der Waals surface area contributed by atoms with Crippen molar-refractivity contribution in [1.82, 2.24) is 9.97 Å². The van der Waals surface area contributed by atoms with E-state index in [9.17, 15) is 5.11 Å². The van der Waals surface area contributed by atoms with Crippen LogP contribution in [0, 0.1) is 12.8 Å².